The molecule has 1 rings (SSSR count). The van der Waals surface area contributed by atoms with Crippen LogP contribution in [0.2, 0.25) is 0 Å². The van der Waals surface area contributed by atoms with E-state index in [0.29, 0.717) is 0 Å². The maximum Gasteiger partial charge on any atom is 0.0645 e. The Kier molecular flexibility index (Phi) is 4.48. The number of benzene rings is 1. The van der Waals surface area contributed by atoms with E-state index < -0.39 is 0 Å². The third-order valence-electron chi connectivity index (χ3n) is 2.69. The first kappa shape index (κ1) is 12.7. The Hall–Kier alpha value is -1.37. The summed E-state index contributed by atoms with van der Waals surface area (Å²) < 4.78 is 0. The van der Waals surface area contributed by atoms with Crippen LogP contribution in [0.1, 0.15) is 35.6 Å². The molecule has 0 fully saturated rings. The Morgan fingerprint density at radius 2 is 1.75 bits per heavy atom. The molecular weight excluding hydrogens is 194 g/mol. The van der Waals surface area contributed by atoms with Gasteiger partial charge in [0, 0.05) is 12.6 Å². The molecule has 0 N–H and O–H groups in total. The first-order valence-electron chi connectivity index (χ1n) is 5.81. The van der Waals surface area contributed by atoms with E-state index in [4.69, 9.17) is 0 Å². The van der Waals surface area contributed by atoms with E-state index in [1.807, 2.05) is 7.05 Å². The van der Waals surface area contributed by atoms with Crippen LogP contribution in [0.4, 0.5) is 0 Å². The Labute approximate surface area is 98.9 Å². The van der Waals surface area contributed by atoms with E-state index in [1.165, 1.54) is 22.3 Å². The molecule has 0 aromatic heterocycles. The fraction of sp³-hybridized carbons (Fsp3) is 0.400. The van der Waals surface area contributed by atoms with E-state index >= 15 is 0 Å². The summed E-state index contributed by atoms with van der Waals surface area (Å²) in [7, 11) is 1.86. The molecule has 0 radical (unpaired) electrons. The van der Waals surface area contributed by atoms with Gasteiger partial charge in [-0.1, -0.05) is 30.7 Å². The van der Waals surface area contributed by atoms with Crippen LogP contribution in [0.5, 0.6) is 0 Å². The number of aryl methyl sites for hydroxylation is 3. The first-order valence-corrected chi connectivity index (χ1v) is 5.81. The number of allylic oxidation sites excluding steroid dienone is 2. The molecule has 1 nitrogen and oxygen atoms in total. The van der Waals surface area contributed by atoms with Crippen LogP contribution >= 0.6 is 0 Å². The summed E-state index contributed by atoms with van der Waals surface area (Å²) in [4.78, 5) is 4.38. The predicted molar refractivity (Wildman–Crippen MR) is 72.5 cm³/mol. The predicted octanol–water partition coefficient (Wildman–Crippen LogP) is 4.00. The Morgan fingerprint density at radius 3 is 2.19 bits per heavy atom. The van der Waals surface area contributed by atoms with Gasteiger partial charge in [-0.25, -0.2) is 0 Å². The molecule has 86 valence electrons. The average Bonchev–Trinajstić information content (AvgIpc) is 2.21. The molecule has 1 aromatic carbocycles. The van der Waals surface area contributed by atoms with Gasteiger partial charge in [-0.3, -0.25) is 4.99 Å². The molecule has 1 heteroatoms. The van der Waals surface area contributed by atoms with Crippen LogP contribution in [0, 0.1) is 20.8 Å². The van der Waals surface area contributed by atoms with Crippen molar-refractivity contribution in [2.75, 3.05) is 7.05 Å². The standard InChI is InChI=1S/C15H21N/c1-6-7-8-14(16-5)15-12(3)9-11(2)10-13(15)4/h7-10H,6H2,1-5H3/b8-7-,16-14?. The Morgan fingerprint density at radius 1 is 1.19 bits per heavy atom. The van der Waals surface area contributed by atoms with Gasteiger partial charge >= 0.3 is 0 Å². The van der Waals surface area contributed by atoms with Gasteiger partial charge in [0.05, 0.1) is 5.71 Å². The number of nitrogens with zero attached hydrogens (tertiary/aromatic N) is 1. The lowest BCUT2D eigenvalue weighted by Gasteiger charge is -2.11. The smallest absolute Gasteiger partial charge is 0.0645 e. The lowest BCUT2D eigenvalue weighted by atomic mass is 9.95. The van der Waals surface area contributed by atoms with Crippen LogP contribution in [0.15, 0.2) is 29.3 Å². The number of aliphatic imine (C=N–C) groups is 1. The largest absolute Gasteiger partial charge is 0.288 e. The molecule has 0 unspecified atom stereocenters. The van der Waals surface area contributed by atoms with Crippen LogP contribution in [0.25, 0.3) is 0 Å². The summed E-state index contributed by atoms with van der Waals surface area (Å²) in [5, 5.41) is 0. The highest BCUT2D eigenvalue weighted by Crippen LogP contribution is 2.18. The van der Waals surface area contributed by atoms with Gasteiger partial charge in [-0.05, 0) is 44.4 Å². The summed E-state index contributed by atoms with van der Waals surface area (Å²) in [6.07, 6.45) is 5.31. The highest BCUT2D eigenvalue weighted by molar-refractivity contribution is 6.10. The van der Waals surface area contributed by atoms with Gasteiger partial charge in [-0.2, -0.15) is 0 Å². The maximum absolute atomic E-state index is 4.38. The van der Waals surface area contributed by atoms with Gasteiger partial charge in [0.2, 0.25) is 0 Å². The van der Waals surface area contributed by atoms with E-state index in [-0.39, 0.29) is 0 Å². The summed E-state index contributed by atoms with van der Waals surface area (Å²) in [6, 6.07) is 4.43. The van der Waals surface area contributed by atoms with Gasteiger partial charge in [0.15, 0.2) is 0 Å². The lowest BCUT2D eigenvalue weighted by Crippen LogP contribution is -2.03. The molecule has 0 saturated heterocycles. The van der Waals surface area contributed by atoms with Crippen molar-refractivity contribution in [3.05, 3.63) is 46.5 Å². The number of hydrogen-bond donors (Lipinski definition) is 0. The van der Waals surface area contributed by atoms with Crippen molar-refractivity contribution in [1.82, 2.24) is 0 Å². The molecule has 0 spiro atoms. The molecule has 0 heterocycles. The second-order valence-corrected chi connectivity index (χ2v) is 4.19. The van der Waals surface area contributed by atoms with Crippen LogP contribution < -0.4 is 0 Å². The zero-order chi connectivity index (χ0) is 12.1. The van der Waals surface area contributed by atoms with Crippen LogP contribution in [-0.2, 0) is 0 Å². The van der Waals surface area contributed by atoms with Gasteiger partial charge < -0.3 is 0 Å². The second-order valence-electron chi connectivity index (χ2n) is 4.19. The summed E-state index contributed by atoms with van der Waals surface area (Å²) >= 11 is 0. The minimum absolute atomic E-state index is 1.04. The van der Waals surface area contributed by atoms with Gasteiger partial charge in [-0.15, -0.1) is 0 Å². The molecular formula is C15H21N. The molecule has 16 heavy (non-hydrogen) atoms. The molecule has 0 atom stereocenters. The van der Waals surface area contributed by atoms with Crippen molar-refractivity contribution in [3.63, 3.8) is 0 Å². The van der Waals surface area contributed by atoms with E-state index in [9.17, 15) is 0 Å². The van der Waals surface area contributed by atoms with Gasteiger partial charge in [0.25, 0.3) is 0 Å². The van der Waals surface area contributed by atoms with Crippen LogP contribution in [-0.4, -0.2) is 12.8 Å². The second kappa shape index (κ2) is 5.64. The quantitative estimate of drug-likeness (QED) is 0.676. The van der Waals surface area contributed by atoms with Gasteiger partial charge in [0.1, 0.15) is 0 Å². The molecule has 0 amide bonds. The average molecular weight is 215 g/mol. The molecule has 0 aliphatic heterocycles. The van der Waals surface area contributed by atoms with Crippen molar-refractivity contribution < 1.29 is 0 Å². The third kappa shape index (κ3) is 2.82. The lowest BCUT2D eigenvalue weighted by molar-refractivity contribution is 1.22. The van der Waals surface area contributed by atoms with Crippen molar-refractivity contribution >= 4 is 5.71 Å². The zero-order valence-electron chi connectivity index (χ0n) is 11.0. The van der Waals surface area contributed by atoms with E-state index in [1.54, 1.807) is 0 Å². The number of hydrogen-bond acceptors (Lipinski definition) is 1. The minimum atomic E-state index is 1.04. The van der Waals surface area contributed by atoms with Crippen LogP contribution in [0.3, 0.4) is 0 Å². The summed E-state index contributed by atoms with van der Waals surface area (Å²) in [5.74, 6) is 0. The van der Waals surface area contributed by atoms with E-state index in [2.05, 4.69) is 57.0 Å². The summed E-state index contributed by atoms with van der Waals surface area (Å²) in [5.41, 5.74) is 6.28. The molecule has 0 saturated carbocycles. The minimum Gasteiger partial charge on any atom is -0.288 e. The van der Waals surface area contributed by atoms with Crippen molar-refractivity contribution in [2.24, 2.45) is 4.99 Å². The van der Waals surface area contributed by atoms with Crippen molar-refractivity contribution in [1.29, 1.82) is 0 Å². The molecule has 0 aliphatic carbocycles. The highest BCUT2D eigenvalue weighted by Gasteiger charge is 2.07. The molecule has 0 aliphatic rings. The fourth-order valence-corrected chi connectivity index (χ4v) is 2.08. The van der Waals surface area contributed by atoms with Crippen molar-refractivity contribution in [2.45, 2.75) is 34.1 Å². The third-order valence-corrected chi connectivity index (χ3v) is 2.69. The Bertz CT molecular complexity index is 402. The molecule has 0 bridgehead atoms. The maximum atomic E-state index is 4.38. The van der Waals surface area contributed by atoms with Crippen molar-refractivity contribution in [3.8, 4) is 0 Å². The zero-order valence-corrected chi connectivity index (χ0v) is 11.0. The monoisotopic (exact) mass is 215 g/mol. The normalized spacial score (nSPS) is 12.4. The molecule has 1 aromatic rings. The Balaban J connectivity index is 3.26. The first-order chi connectivity index (χ1) is 7.60. The topological polar surface area (TPSA) is 12.4 Å². The fourth-order valence-electron chi connectivity index (χ4n) is 2.08. The SMILES string of the molecule is CC/C=C\C(=NC)c1c(C)cc(C)cc1C. The number of rotatable bonds is 3. The van der Waals surface area contributed by atoms with E-state index in [0.717, 1.165) is 12.1 Å². The summed E-state index contributed by atoms with van der Waals surface area (Å²) in [6.45, 7) is 8.58. The highest BCUT2D eigenvalue weighted by atomic mass is 14.7.